The van der Waals surface area contributed by atoms with Crippen molar-refractivity contribution in [3.8, 4) is 17.2 Å². The van der Waals surface area contributed by atoms with Gasteiger partial charge in [-0.05, 0) is 69.4 Å². The van der Waals surface area contributed by atoms with Gasteiger partial charge in [-0.2, -0.15) is 0 Å². The van der Waals surface area contributed by atoms with E-state index in [1.54, 1.807) is 0 Å². The maximum atomic E-state index is 6.16. The molecule has 152 valence electrons. The molecule has 1 fully saturated rings. The molecule has 0 heterocycles. The van der Waals surface area contributed by atoms with E-state index in [4.69, 9.17) is 14.2 Å². The van der Waals surface area contributed by atoms with Crippen molar-refractivity contribution in [1.29, 1.82) is 0 Å². The minimum absolute atomic E-state index is 0.131. The largest absolute Gasteiger partial charge is 0.490 e. The molecule has 1 N–H and O–H groups in total. The third-order valence-electron chi connectivity index (χ3n) is 4.83. The van der Waals surface area contributed by atoms with Crippen LogP contribution in [0.5, 0.6) is 17.2 Å². The molecule has 4 nitrogen and oxygen atoms in total. The monoisotopic (exact) mass is 383 g/mol. The number of para-hydroxylation sites is 2. The Kier molecular flexibility index (Phi) is 8.04. The molecule has 3 rings (SSSR count). The molecular weight excluding hydrogens is 350 g/mol. The molecule has 0 bridgehead atoms. The first-order valence-corrected chi connectivity index (χ1v) is 10.6. The maximum Gasteiger partial charge on any atom is 0.161 e. The van der Waals surface area contributed by atoms with E-state index >= 15 is 0 Å². The van der Waals surface area contributed by atoms with Crippen LogP contribution in [0.25, 0.3) is 0 Å². The summed E-state index contributed by atoms with van der Waals surface area (Å²) in [5, 5.41) is 3.44. The first-order valence-electron chi connectivity index (χ1n) is 10.6. The van der Waals surface area contributed by atoms with Crippen LogP contribution in [0, 0.1) is 0 Å². The Hall–Kier alpha value is -2.20. The lowest BCUT2D eigenvalue weighted by molar-refractivity contribution is 0.155. The van der Waals surface area contributed by atoms with Gasteiger partial charge in [0.1, 0.15) is 12.4 Å². The summed E-state index contributed by atoms with van der Waals surface area (Å²) in [7, 11) is 0. The van der Waals surface area contributed by atoms with Gasteiger partial charge in [-0.15, -0.1) is 0 Å². The quantitative estimate of drug-likeness (QED) is 0.561. The standard InChI is InChI=1S/C24H33NO3/c1-19(2)27-24-14-7-6-13-23(24)26-16-15-25-18-20-9-8-12-22(17-20)28-21-10-4-3-5-11-21/h6-9,12-14,17,19,21,25H,3-5,10-11,15-16,18H2,1-2H3. The number of rotatable bonds is 10. The van der Waals surface area contributed by atoms with Crippen molar-refractivity contribution in [3.63, 3.8) is 0 Å². The number of nitrogens with one attached hydrogen (secondary N) is 1. The maximum absolute atomic E-state index is 6.16. The van der Waals surface area contributed by atoms with Gasteiger partial charge >= 0.3 is 0 Å². The van der Waals surface area contributed by atoms with Crippen molar-refractivity contribution in [2.24, 2.45) is 0 Å². The molecule has 0 saturated heterocycles. The Bertz CT molecular complexity index is 711. The van der Waals surface area contributed by atoms with Crippen LogP contribution in [0.3, 0.4) is 0 Å². The molecule has 1 saturated carbocycles. The highest BCUT2D eigenvalue weighted by Crippen LogP contribution is 2.27. The zero-order valence-corrected chi connectivity index (χ0v) is 17.2. The Balaban J connectivity index is 1.40. The molecule has 1 aliphatic rings. The summed E-state index contributed by atoms with van der Waals surface area (Å²) in [4.78, 5) is 0. The summed E-state index contributed by atoms with van der Waals surface area (Å²) >= 11 is 0. The van der Waals surface area contributed by atoms with Crippen molar-refractivity contribution < 1.29 is 14.2 Å². The lowest BCUT2D eigenvalue weighted by Gasteiger charge is -2.23. The predicted octanol–water partition coefficient (Wildman–Crippen LogP) is 5.35. The van der Waals surface area contributed by atoms with E-state index < -0.39 is 0 Å². The van der Waals surface area contributed by atoms with E-state index in [9.17, 15) is 0 Å². The molecule has 0 aliphatic heterocycles. The summed E-state index contributed by atoms with van der Waals surface area (Å²) in [5.74, 6) is 2.58. The summed E-state index contributed by atoms with van der Waals surface area (Å²) in [5.41, 5.74) is 1.23. The number of hydrogen-bond acceptors (Lipinski definition) is 4. The van der Waals surface area contributed by atoms with Crippen LogP contribution in [0.4, 0.5) is 0 Å². The van der Waals surface area contributed by atoms with Crippen LogP contribution in [0.15, 0.2) is 48.5 Å². The molecule has 0 amide bonds. The van der Waals surface area contributed by atoms with E-state index in [0.29, 0.717) is 12.7 Å². The molecule has 0 spiro atoms. The zero-order chi connectivity index (χ0) is 19.6. The SMILES string of the molecule is CC(C)Oc1ccccc1OCCNCc1cccc(OC2CCCCC2)c1. The zero-order valence-electron chi connectivity index (χ0n) is 17.2. The molecular formula is C24H33NO3. The average Bonchev–Trinajstić information content (AvgIpc) is 2.70. The van der Waals surface area contributed by atoms with Crippen molar-refractivity contribution in [1.82, 2.24) is 5.32 Å². The first kappa shape index (κ1) is 20.5. The fourth-order valence-corrected chi connectivity index (χ4v) is 3.49. The first-order chi connectivity index (χ1) is 13.7. The van der Waals surface area contributed by atoms with Gasteiger partial charge in [0.2, 0.25) is 0 Å². The Morgan fingerprint density at radius 2 is 1.75 bits per heavy atom. The van der Waals surface area contributed by atoms with Crippen molar-refractivity contribution in [2.75, 3.05) is 13.2 Å². The smallest absolute Gasteiger partial charge is 0.161 e. The number of hydrogen-bond donors (Lipinski definition) is 1. The highest BCUT2D eigenvalue weighted by atomic mass is 16.5. The van der Waals surface area contributed by atoms with E-state index in [-0.39, 0.29) is 6.10 Å². The van der Waals surface area contributed by atoms with Gasteiger partial charge in [0.05, 0.1) is 12.2 Å². The van der Waals surface area contributed by atoms with Crippen molar-refractivity contribution in [3.05, 3.63) is 54.1 Å². The van der Waals surface area contributed by atoms with Crippen LogP contribution in [-0.4, -0.2) is 25.4 Å². The van der Waals surface area contributed by atoms with Gasteiger partial charge in [-0.3, -0.25) is 0 Å². The normalized spacial score (nSPS) is 14.8. The molecule has 28 heavy (non-hydrogen) atoms. The van der Waals surface area contributed by atoms with Crippen LogP contribution in [0.2, 0.25) is 0 Å². The number of benzene rings is 2. The summed E-state index contributed by atoms with van der Waals surface area (Å²) in [6, 6.07) is 16.2. The van der Waals surface area contributed by atoms with E-state index in [1.165, 1.54) is 37.7 Å². The molecule has 2 aromatic carbocycles. The van der Waals surface area contributed by atoms with Crippen LogP contribution < -0.4 is 19.5 Å². The van der Waals surface area contributed by atoms with Gasteiger partial charge in [0, 0.05) is 13.1 Å². The molecule has 2 aromatic rings. The number of ether oxygens (including phenoxy) is 3. The van der Waals surface area contributed by atoms with E-state index in [1.807, 2.05) is 38.1 Å². The molecule has 0 atom stereocenters. The van der Waals surface area contributed by atoms with Gasteiger partial charge < -0.3 is 19.5 Å². The second-order valence-corrected chi connectivity index (χ2v) is 7.66. The summed E-state index contributed by atoms with van der Waals surface area (Å²) < 4.78 is 17.8. The van der Waals surface area contributed by atoms with Crippen LogP contribution >= 0.6 is 0 Å². The third kappa shape index (κ3) is 6.75. The third-order valence-corrected chi connectivity index (χ3v) is 4.83. The summed E-state index contributed by atoms with van der Waals surface area (Å²) in [6.45, 7) is 6.20. The predicted molar refractivity (Wildman–Crippen MR) is 113 cm³/mol. The minimum Gasteiger partial charge on any atom is -0.490 e. The van der Waals surface area contributed by atoms with Crippen molar-refractivity contribution in [2.45, 2.75) is 64.7 Å². The highest BCUT2D eigenvalue weighted by molar-refractivity contribution is 5.39. The average molecular weight is 384 g/mol. The van der Waals surface area contributed by atoms with E-state index in [0.717, 1.165) is 30.3 Å². The highest BCUT2D eigenvalue weighted by Gasteiger charge is 2.14. The molecule has 0 unspecified atom stereocenters. The molecule has 1 aliphatic carbocycles. The lowest BCUT2D eigenvalue weighted by atomic mass is 9.98. The minimum atomic E-state index is 0.131. The Morgan fingerprint density at radius 3 is 2.54 bits per heavy atom. The topological polar surface area (TPSA) is 39.7 Å². The summed E-state index contributed by atoms with van der Waals surface area (Å²) in [6.07, 6.45) is 6.81. The fourth-order valence-electron chi connectivity index (χ4n) is 3.49. The van der Waals surface area contributed by atoms with Crippen LogP contribution in [0.1, 0.15) is 51.5 Å². The van der Waals surface area contributed by atoms with Gasteiger partial charge in [0.25, 0.3) is 0 Å². The van der Waals surface area contributed by atoms with Gasteiger partial charge in [-0.1, -0.05) is 30.7 Å². The second-order valence-electron chi connectivity index (χ2n) is 7.66. The second kappa shape index (κ2) is 11.0. The van der Waals surface area contributed by atoms with Gasteiger partial charge in [0.15, 0.2) is 11.5 Å². The molecule has 4 heteroatoms. The molecule has 0 aromatic heterocycles. The van der Waals surface area contributed by atoms with Gasteiger partial charge in [-0.25, -0.2) is 0 Å². The lowest BCUT2D eigenvalue weighted by Crippen LogP contribution is -2.21. The Morgan fingerprint density at radius 1 is 0.964 bits per heavy atom. The van der Waals surface area contributed by atoms with Crippen molar-refractivity contribution >= 4 is 0 Å². The fraction of sp³-hybridized carbons (Fsp3) is 0.500. The van der Waals surface area contributed by atoms with E-state index in [2.05, 4.69) is 29.6 Å². The van der Waals surface area contributed by atoms with Crippen LogP contribution in [-0.2, 0) is 6.54 Å². The Labute approximate surface area is 169 Å². The molecule has 0 radical (unpaired) electrons.